The van der Waals surface area contributed by atoms with Crippen molar-refractivity contribution in [2.45, 2.75) is 65.8 Å². The van der Waals surface area contributed by atoms with E-state index < -0.39 is 6.04 Å². The summed E-state index contributed by atoms with van der Waals surface area (Å²) >= 11 is 0. The highest BCUT2D eigenvalue weighted by atomic mass is 16.2. The summed E-state index contributed by atoms with van der Waals surface area (Å²) in [5.41, 5.74) is 1.97. The Bertz CT molecular complexity index is 589. The van der Waals surface area contributed by atoms with Gasteiger partial charge in [0.2, 0.25) is 11.8 Å². The Hall–Kier alpha value is -1.84. The molecular weight excluding hydrogens is 312 g/mol. The number of nitrogens with one attached hydrogen (secondary N) is 2. The Balaban J connectivity index is 1.99. The maximum absolute atomic E-state index is 12.7. The summed E-state index contributed by atoms with van der Waals surface area (Å²) in [7, 11) is 0. The van der Waals surface area contributed by atoms with Crippen LogP contribution in [0.2, 0.25) is 0 Å². The van der Waals surface area contributed by atoms with Crippen molar-refractivity contribution < 1.29 is 9.59 Å². The Morgan fingerprint density at radius 3 is 2.44 bits per heavy atom. The average Bonchev–Trinajstić information content (AvgIpc) is 2.59. The highest BCUT2D eigenvalue weighted by Crippen LogP contribution is 2.28. The van der Waals surface area contributed by atoms with Crippen LogP contribution in [0, 0.1) is 17.8 Å². The van der Waals surface area contributed by atoms with Crippen LogP contribution in [0.1, 0.15) is 58.9 Å². The van der Waals surface area contributed by atoms with Crippen LogP contribution in [0.3, 0.4) is 0 Å². The van der Waals surface area contributed by atoms with Crippen molar-refractivity contribution in [1.82, 2.24) is 5.32 Å². The van der Waals surface area contributed by atoms with Crippen LogP contribution >= 0.6 is 0 Å². The summed E-state index contributed by atoms with van der Waals surface area (Å²) in [5, 5.41) is 5.96. The van der Waals surface area contributed by atoms with Crippen molar-refractivity contribution in [3.8, 4) is 0 Å². The molecule has 0 unspecified atom stereocenters. The van der Waals surface area contributed by atoms with E-state index in [0.29, 0.717) is 5.92 Å². The van der Waals surface area contributed by atoms with Gasteiger partial charge in [-0.05, 0) is 61.6 Å². The maximum atomic E-state index is 12.7. The van der Waals surface area contributed by atoms with Crippen molar-refractivity contribution >= 4 is 17.5 Å². The maximum Gasteiger partial charge on any atom is 0.247 e. The number of carbonyl (C=O) groups is 2. The van der Waals surface area contributed by atoms with Crippen LogP contribution in [-0.2, 0) is 16.0 Å². The van der Waals surface area contributed by atoms with E-state index in [1.54, 1.807) is 0 Å². The molecule has 0 aromatic heterocycles. The normalized spacial score (nSPS) is 21.6. The molecule has 1 aromatic carbocycles. The molecular formula is C21H32N2O2. The predicted molar refractivity (Wildman–Crippen MR) is 102 cm³/mol. The van der Waals surface area contributed by atoms with Crippen molar-refractivity contribution in [2.75, 3.05) is 5.32 Å². The fourth-order valence-electron chi connectivity index (χ4n) is 3.42. The minimum absolute atomic E-state index is 0.0306. The second-order valence-corrected chi connectivity index (χ2v) is 7.73. The molecule has 1 aliphatic carbocycles. The Labute approximate surface area is 151 Å². The minimum atomic E-state index is -0.503. The number of rotatable bonds is 6. The summed E-state index contributed by atoms with van der Waals surface area (Å²) in [4.78, 5) is 25.3. The summed E-state index contributed by atoms with van der Waals surface area (Å²) in [6, 6.07) is 7.36. The molecule has 2 rings (SSSR count). The summed E-state index contributed by atoms with van der Waals surface area (Å²) in [5.74, 6) is 0.692. The third-order valence-electron chi connectivity index (χ3n) is 5.24. The molecule has 138 valence electrons. The van der Waals surface area contributed by atoms with Gasteiger partial charge in [-0.1, -0.05) is 39.8 Å². The zero-order valence-corrected chi connectivity index (χ0v) is 16.0. The van der Waals surface area contributed by atoms with Gasteiger partial charge in [0.1, 0.15) is 6.04 Å². The lowest BCUT2D eigenvalue weighted by atomic mass is 9.82. The molecule has 0 saturated heterocycles. The summed E-state index contributed by atoms with van der Waals surface area (Å²) in [6.45, 7) is 8.26. The van der Waals surface area contributed by atoms with Crippen molar-refractivity contribution in [3.05, 3.63) is 29.8 Å². The zero-order chi connectivity index (χ0) is 18.4. The molecule has 0 heterocycles. The smallest absolute Gasteiger partial charge is 0.247 e. The number of carbonyl (C=O) groups excluding carboxylic acids is 2. The lowest BCUT2D eigenvalue weighted by Gasteiger charge is -2.28. The van der Waals surface area contributed by atoms with Gasteiger partial charge in [0.15, 0.2) is 0 Å². The van der Waals surface area contributed by atoms with Gasteiger partial charge in [-0.15, -0.1) is 0 Å². The van der Waals surface area contributed by atoms with Crippen LogP contribution in [0.5, 0.6) is 0 Å². The third kappa shape index (κ3) is 5.58. The number of anilines is 1. The lowest BCUT2D eigenvalue weighted by Crippen LogP contribution is -2.49. The van der Waals surface area contributed by atoms with E-state index in [2.05, 4.69) is 24.5 Å². The first-order valence-corrected chi connectivity index (χ1v) is 9.60. The molecule has 25 heavy (non-hydrogen) atoms. The Morgan fingerprint density at radius 2 is 1.84 bits per heavy atom. The second kappa shape index (κ2) is 9.02. The van der Waals surface area contributed by atoms with Crippen molar-refractivity contribution in [3.63, 3.8) is 0 Å². The summed E-state index contributed by atoms with van der Waals surface area (Å²) < 4.78 is 0. The van der Waals surface area contributed by atoms with E-state index in [0.717, 1.165) is 37.8 Å². The number of aryl methyl sites for hydroxylation is 1. The van der Waals surface area contributed by atoms with Crippen LogP contribution in [0.15, 0.2) is 24.3 Å². The molecule has 1 saturated carbocycles. The van der Waals surface area contributed by atoms with E-state index in [1.165, 1.54) is 5.56 Å². The van der Waals surface area contributed by atoms with Gasteiger partial charge in [-0.25, -0.2) is 0 Å². The highest BCUT2D eigenvalue weighted by Gasteiger charge is 2.29. The van der Waals surface area contributed by atoms with Crippen LogP contribution < -0.4 is 10.6 Å². The Morgan fingerprint density at radius 1 is 1.16 bits per heavy atom. The number of benzene rings is 1. The molecule has 0 radical (unpaired) electrons. The molecule has 0 aliphatic heterocycles. The molecule has 2 N–H and O–H groups in total. The number of amides is 2. The first-order chi connectivity index (χ1) is 11.9. The number of hydrogen-bond donors (Lipinski definition) is 2. The molecule has 1 atom stereocenters. The van der Waals surface area contributed by atoms with Crippen LogP contribution in [0.25, 0.3) is 0 Å². The van der Waals surface area contributed by atoms with Gasteiger partial charge in [0, 0.05) is 11.6 Å². The topological polar surface area (TPSA) is 58.2 Å². The van der Waals surface area contributed by atoms with Crippen LogP contribution in [-0.4, -0.2) is 17.9 Å². The molecule has 1 aliphatic rings. The molecule has 0 bridgehead atoms. The van der Waals surface area contributed by atoms with E-state index in [4.69, 9.17) is 0 Å². The number of hydrogen-bond acceptors (Lipinski definition) is 2. The van der Waals surface area contributed by atoms with Gasteiger partial charge >= 0.3 is 0 Å². The summed E-state index contributed by atoms with van der Waals surface area (Å²) in [6.07, 6.45) is 4.98. The molecule has 2 amide bonds. The molecule has 4 nitrogen and oxygen atoms in total. The zero-order valence-electron chi connectivity index (χ0n) is 16.0. The second-order valence-electron chi connectivity index (χ2n) is 7.73. The minimum Gasteiger partial charge on any atom is -0.344 e. The van der Waals surface area contributed by atoms with E-state index >= 15 is 0 Å². The fourth-order valence-corrected chi connectivity index (χ4v) is 3.42. The van der Waals surface area contributed by atoms with Crippen molar-refractivity contribution in [2.24, 2.45) is 17.8 Å². The highest BCUT2D eigenvalue weighted by molar-refractivity contribution is 5.97. The van der Waals surface area contributed by atoms with Gasteiger partial charge in [0.25, 0.3) is 0 Å². The fraction of sp³-hybridized carbons (Fsp3) is 0.619. The SMILES string of the molecule is CCc1cccc(NC(=O)[C@@H](NC(=O)C2CCC(C)CC2)C(C)C)c1. The van der Waals surface area contributed by atoms with Gasteiger partial charge in [0.05, 0.1) is 0 Å². The average molecular weight is 344 g/mol. The molecule has 1 fully saturated rings. The predicted octanol–water partition coefficient (Wildman–Crippen LogP) is 4.15. The first-order valence-electron chi connectivity index (χ1n) is 9.60. The van der Waals surface area contributed by atoms with Crippen molar-refractivity contribution in [1.29, 1.82) is 0 Å². The van der Waals surface area contributed by atoms with E-state index in [9.17, 15) is 9.59 Å². The Kier molecular flexibility index (Phi) is 7.03. The largest absolute Gasteiger partial charge is 0.344 e. The van der Waals surface area contributed by atoms with Gasteiger partial charge in [-0.2, -0.15) is 0 Å². The first kappa shape index (κ1) is 19.5. The van der Waals surface area contributed by atoms with Gasteiger partial charge < -0.3 is 10.6 Å². The van der Waals surface area contributed by atoms with E-state index in [1.807, 2.05) is 38.1 Å². The molecule has 0 spiro atoms. The quantitative estimate of drug-likeness (QED) is 0.814. The van der Waals surface area contributed by atoms with Gasteiger partial charge in [-0.3, -0.25) is 9.59 Å². The lowest BCUT2D eigenvalue weighted by molar-refractivity contribution is -0.131. The molecule has 4 heteroatoms. The standard InChI is InChI=1S/C21H32N2O2/c1-5-16-7-6-8-18(13-16)22-21(25)19(14(2)3)23-20(24)17-11-9-15(4)10-12-17/h6-8,13-15,17,19H,5,9-12H2,1-4H3,(H,22,25)(H,23,24)/t15?,17?,19-/m0/s1. The van der Waals surface area contributed by atoms with E-state index in [-0.39, 0.29) is 23.7 Å². The van der Waals surface area contributed by atoms with Crippen LogP contribution in [0.4, 0.5) is 5.69 Å². The molecule has 1 aromatic rings. The monoisotopic (exact) mass is 344 g/mol. The third-order valence-corrected chi connectivity index (χ3v) is 5.24.